The number of aliphatic imine (C=N–C) groups is 1. The molecule has 37 heavy (non-hydrogen) atoms. The summed E-state index contributed by atoms with van der Waals surface area (Å²) in [5.74, 6) is -0.000849. The smallest absolute Gasteiger partial charge is 0.257 e. The number of aromatic nitrogens is 2. The molecule has 1 N–H and O–H groups in total. The van der Waals surface area contributed by atoms with Crippen LogP contribution in [0.1, 0.15) is 49.4 Å². The van der Waals surface area contributed by atoms with Gasteiger partial charge in [0.25, 0.3) is 5.91 Å². The number of benzene rings is 2. The van der Waals surface area contributed by atoms with E-state index in [1.807, 2.05) is 26.8 Å². The lowest BCUT2D eigenvalue weighted by Gasteiger charge is -2.44. The van der Waals surface area contributed by atoms with E-state index in [1.165, 1.54) is 23.9 Å². The Balaban J connectivity index is 0.000000413. The van der Waals surface area contributed by atoms with Crippen LogP contribution in [0.25, 0.3) is 0 Å². The van der Waals surface area contributed by atoms with Crippen molar-refractivity contribution in [3.63, 3.8) is 0 Å². The minimum Gasteiger partial charge on any atom is -0.379 e. The molecule has 0 aliphatic carbocycles. The maximum atomic E-state index is 14.6. The Morgan fingerprint density at radius 1 is 1.08 bits per heavy atom. The molecule has 198 valence electrons. The molecule has 3 aromatic rings. The van der Waals surface area contributed by atoms with Crippen LogP contribution in [0.2, 0.25) is 0 Å². The zero-order valence-corrected chi connectivity index (χ0v) is 21.4. The van der Waals surface area contributed by atoms with Gasteiger partial charge in [-0.3, -0.25) is 4.79 Å². The SMILES string of the molecule is C.CC.Cc1ncccn1.O=C(NC1=NC2(c3ccc(F)cc3F)COCCC2CS1)c1ccccc1. The highest BCUT2D eigenvalue weighted by Crippen LogP contribution is 2.45. The first-order chi connectivity index (χ1) is 17.5. The van der Waals surface area contributed by atoms with E-state index < -0.39 is 17.2 Å². The van der Waals surface area contributed by atoms with Gasteiger partial charge in [0, 0.05) is 47.9 Å². The average molecular weight is 529 g/mol. The van der Waals surface area contributed by atoms with E-state index in [4.69, 9.17) is 9.73 Å². The Kier molecular flexibility index (Phi) is 11.8. The maximum Gasteiger partial charge on any atom is 0.257 e. The van der Waals surface area contributed by atoms with Crippen molar-refractivity contribution in [1.82, 2.24) is 15.3 Å². The highest BCUT2D eigenvalue weighted by Gasteiger charge is 2.47. The van der Waals surface area contributed by atoms with Gasteiger partial charge in [0.1, 0.15) is 23.0 Å². The van der Waals surface area contributed by atoms with Gasteiger partial charge in [-0.05, 0) is 37.6 Å². The number of fused-ring (bicyclic) bond motifs is 1. The fourth-order valence-electron chi connectivity index (χ4n) is 3.94. The maximum absolute atomic E-state index is 14.6. The van der Waals surface area contributed by atoms with Crippen LogP contribution in [0.3, 0.4) is 0 Å². The van der Waals surface area contributed by atoms with E-state index in [0.29, 0.717) is 28.7 Å². The number of halogens is 2. The quantitative estimate of drug-likeness (QED) is 0.430. The number of rotatable bonds is 2. The molecule has 0 bridgehead atoms. The fraction of sp³-hybridized carbons (Fsp3) is 0.357. The van der Waals surface area contributed by atoms with Crippen molar-refractivity contribution < 1.29 is 18.3 Å². The second kappa shape index (κ2) is 14.5. The number of nitrogens with one attached hydrogen (secondary N) is 1. The first kappa shape index (κ1) is 30.1. The molecular weight excluding hydrogens is 494 g/mol. The molecular formula is C28H34F2N4O2S. The number of ether oxygens (including phenoxy) is 1. The molecule has 1 amide bonds. The van der Waals surface area contributed by atoms with Crippen LogP contribution >= 0.6 is 11.8 Å². The molecule has 3 heterocycles. The highest BCUT2D eigenvalue weighted by molar-refractivity contribution is 8.13. The van der Waals surface area contributed by atoms with Gasteiger partial charge >= 0.3 is 0 Å². The molecule has 2 aliphatic heterocycles. The summed E-state index contributed by atoms with van der Waals surface area (Å²) in [6.45, 7) is 6.64. The van der Waals surface area contributed by atoms with Crippen molar-refractivity contribution in [2.75, 3.05) is 19.0 Å². The van der Waals surface area contributed by atoms with Crippen LogP contribution in [-0.2, 0) is 10.3 Å². The molecule has 0 spiro atoms. The number of hydrogen-bond donors (Lipinski definition) is 1. The normalized spacial score (nSPS) is 19.8. The Morgan fingerprint density at radius 3 is 2.41 bits per heavy atom. The summed E-state index contributed by atoms with van der Waals surface area (Å²) in [6, 6.07) is 14.2. The second-order valence-corrected chi connectivity index (χ2v) is 8.94. The predicted octanol–water partition coefficient (Wildman–Crippen LogP) is 6.18. The van der Waals surface area contributed by atoms with Gasteiger partial charge in [0.15, 0.2) is 5.17 Å². The number of thioether (sulfide) groups is 1. The predicted molar refractivity (Wildman–Crippen MR) is 146 cm³/mol. The van der Waals surface area contributed by atoms with Crippen LogP contribution in [0, 0.1) is 24.5 Å². The van der Waals surface area contributed by atoms with Gasteiger partial charge in [-0.15, -0.1) is 0 Å². The molecule has 1 aromatic heterocycles. The molecule has 6 nitrogen and oxygen atoms in total. The van der Waals surface area contributed by atoms with Crippen LogP contribution in [0.5, 0.6) is 0 Å². The van der Waals surface area contributed by atoms with Gasteiger partial charge < -0.3 is 10.1 Å². The fourth-order valence-corrected chi connectivity index (χ4v) is 5.14. The van der Waals surface area contributed by atoms with Gasteiger partial charge in [-0.2, -0.15) is 0 Å². The van der Waals surface area contributed by atoms with Crippen LogP contribution in [0.4, 0.5) is 8.78 Å². The van der Waals surface area contributed by atoms with E-state index in [1.54, 1.807) is 42.7 Å². The number of carbonyl (C=O) groups excluding carboxylic acids is 1. The lowest BCUT2D eigenvalue weighted by molar-refractivity contribution is 0.00285. The summed E-state index contributed by atoms with van der Waals surface area (Å²) in [5.41, 5.74) is -0.134. The Hall–Kier alpha value is -3.17. The number of amidine groups is 1. The molecule has 2 unspecified atom stereocenters. The van der Waals surface area contributed by atoms with Gasteiger partial charge in [0.05, 0.1) is 6.61 Å². The largest absolute Gasteiger partial charge is 0.379 e. The Bertz CT molecular complexity index is 1170. The molecule has 5 rings (SSSR count). The first-order valence-corrected chi connectivity index (χ1v) is 12.8. The van der Waals surface area contributed by atoms with Crippen molar-refractivity contribution in [3.05, 3.63) is 95.6 Å². The van der Waals surface area contributed by atoms with Crippen molar-refractivity contribution >= 4 is 22.8 Å². The summed E-state index contributed by atoms with van der Waals surface area (Å²) in [6.07, 6.45) is 4.18. The average Bonchev–Trinajstić information content (AvgIpc) is 2.91. The van der Waals surface area contributed by atoms with Crippen molar-refractivity contribution in [2.45, 2.75) is 40.2 Å². The minimum atomic E-state index is -0.958. The van der Waals surface area contributed by atoms with Crippen LogP contribution in [0.15, 0.2) is 72.0 Å². The lowest BCUT2D eigenvalue weighted by Crippen LogP contribution is -2.49. The summed E-state index contributed by atoms with van der Waals surface area (Å²) in [4.78, 5) is 24.9. The third kappa shape index (κ3) is 7.66. The summed E-state index contributed by atoms with van der Waals surface area (Å²) >= 11 is 1.44. The molecule has 2 aromatic carbocycles. The number of aryl methyl sites for hydroxylation is 1. The standard InChI is InChI=1S/C20H18F2N2O2S.C5H6N2.C2H6.CH4/c21-15-6-7-16(17(22)10-15)20-12-26-9-8-14(20)11-27-19(24-20)23-18(25)13-4-2-1-3-5-13;1-5-6-3-2-4-7-5;1-2;/h1-7,10,14H,8-9,11-12H2,(H,23,24,25);2-4H,1H3;1-2H3;1H4. The monoisotopic (exact) mass is 528 g/mol. The van der Waals surface area contributed by atoms with Crippen molar-refractivity contribution in [1.29, 1.82) is 0 Å². The molecule has 0 saturated carbocycles. The van der Waals surface area contributed by atoms with Gasteiger partial charge in [0.2, 0.25) is 0 Å². The van der Waals surface area contributed by atoms with E-state index in [9.17, 15) is 13.6 Å². The highest BCUT2D eigenvalue weighted by atomic mass is 32.2. The zero-order chi connectivity index (χ0) is 26.0. The Labute approximate surface area is 222 Å². The number of hydrogen-bond acceptors (Lipinski definition) is 6. The molecule has 2 atom stereocenters. The van der Waals surface area contributed by atoms with E-state index >= 15 is 0 Å². The molecule has 0 radical (unpaired) electrons. The van der Waals surface area contributed by atoms with Crippen molar-refractivity contribution in [2.24, 2.45) is 10.9 Å². The van der Waals surface area contributed by atoms with E-state index in [0.717, 1.165) is 18.3 Å². The lowest BCUT2D eigenvalue weighted by atomic mass is 9.76. The minimum absolute atomic E-state index is 0. The van der Waals surface area contributed by atoms with Gasteiger partial charge in [-0.1, -0.05) is 57.3 Å². The summed E-state index contributed by atoms with van der Waals surface area (Å²) in [5, 5.41) is 3.24. The molecule has 2 aliphatic rings. The molecule has 9 heteroatoms. The number of amides is 1. The Morgan fingerprint density at radius 2 is 1.78 bits per heavy atom. The molecule has 1 fully saturated rings. The van der Waals surface area contributed by atoms with E-state index in [-0.39, 0.29) is 25.9 Å². The van der Waals surface area contributed by atoms with Gasteiger partial charge in [-0.25, -0.2) is 23.7 Å². The summed E-state index contributed by atoms with van der Waals surface area (Å²) in [7, 11) is 0. The third-order valence-electron chi connectivity index (χ3n) is 5.68. The van der Waals surface area contributed by atoms with Crippen LogP contribution < -0.4 is 5.32 Å². The third-order valence-corrected chi connectivity index (χ3v) is 6.72. The van der Waals surface area contributed by atoms with Crippen LogP contribution in [-0.4, -0.2) is 40.0 Å². The van der Waals surface area contributed by atoms with E-state index in [2.05, 4.69) is 15.3 Å². The number of nitrogens with zero attached hydrogens (tertiary/aromatic N) is 3. The second-order valence-electron chi connectivity index (χ2n) is 7.93. The molecule has 1 saturated heterocycles. The zero-order valence-electron chi connectivity index (χ0n) is 20.6. The first-order valence-electron chi connectivity index (χ1n) is 11.8. The topological polar surface area (TPSA) is 76.5 Å². The number of carbonyl (C=O) groups is 1. The summed E-state index contributed by atoms with van der Waals surface area (Å²) < 4.78 is 33.6. The van der Waals surface area contributed by atoms with Crippen molar-refractivity contribution in [3.8, 4) is 0 Å².